The van der Waals surface area contributed by atoms with Crippen LogP contribution in [0.15, 0.2) is 24.3 Å². The molecule has 0 aromatic rings. The van der Waals surface area contributed by atoms with Crippen LogP contribution in [0.1, 0.15) is 13.8 Å². The van der Waals surface area contributed by atoms with Crippen LogP contribution < -0.4 is 5.32 Å². The number of aliphatic hydroxyl groups excluding tert-OH is 1. The Hall–Kier alpha value is -1.55. The fourth-order valence-electron chi connectivity index (χ4n) is 4.17. The van der Waals surface area contributed by atoms with Gasteiger partial charge in [0.05, 0.1) is 30.6 Å². The molecular formula is C16H23N2O8P. The first kappa shape index (κ1) is 20.2. The Morgan fingerprint density at radius 2 is 2.15 bits per heavy atom. The Morgan fingerprint density at radius 1 is 1.48 bits per heavy atom. The van der Waals surface area contributed by atoms with Gasteiger partial charge in [-0.15, -0.1) is 0 Å². The smallest absolute Gasteiger partial charge is 0.373 e. The van der Waals surface area contributed by atoms with Gasteiger partial charge in [0.15, 0.2) is 0 Å². The number of carbonyl (C=O) groups is 2. The quantitative estimate of drug-likeness (QED) is 0.248. The van der Waals surface area contributed by atoms with Crippen molar-refractivity contribution in [3.63, 3.8) is 0 Å². The number of amides is 2. The van der Waals surface area contributed by atoms with Crippen LogP contribution in [0.2, 0.25) is 0 Å². The van der Waals surface area contributed by atoms with Crippen molar-refractivity contribution in [2.75, 3.05) is 19.7 Å². The van der Waals surface area contributed by atoms with Crippen molar-refractivity contribution in [2.24, 2.45) is 11.8 Å². The van der Waals surface area contributed by atoms with E-state index in [1.807, 2.05) is 0 Å². The van der Waals surface area contributed by atoms with E-state index in [1.165, 1.54) is 0 Å². The average molecular weight is 402 g/mol. The minimum Gasteiger partial charge on any atom is -0.373 e. The molecule has 3 aliphatic heterocycles. The zero-order chi connectivity index (χ0) is 20.2. The minimum absolute atomic E-state index is 0.0389. The summed E-state index contributed by atoms with van der Waals surface area (Å²) in [5, 5.41) is 13.4. The van der Waals surface area contributed by atoms with E-state index < -0.39 is 49.6 Å². The van der Waals surface area contributed by atoms with Crippen LogP contribution in [0, 0.1) is 11.8 Å². The van der Waals surface area contributed by atoms with E-state index in [9.17, 15) is 19.3 Å². The normalized spacial score (nSPS) is 37.0. The molecule has 0 saturated carbocycles. The molecule has 2 bridgehead atoms. The molecule has 27 heavy (non-hydrogen) atoms. The van der Waals surface area contributed by atoms with Crippen molar-refractivity contribution in [1.29, 1.82) is 0 Å². The number of aliphatic hydroxyl groups is 1. The molecule has 0 aromatic carbocycles. The van der Waals surface area contributed by atoms with Gasteiger partial charge in [0.25, 0.3) is 0 Å². The lowest BCUT2D eigenvalue weighted by Gasteiger charge is -2.31. The SMILES string of the molecule is C=C(C)C(=O)NCC12C=CC(C)(O1)C1C(O)N(CCOP(=O)(O)O)C(=O)C12. The molecule has 0 aromatic heterocycles. The van der Waals surface area contributed by atoms with Gasteiger partial charge in [-0.2, -0.15) is 0 Å². The fourth-order valence-corrected chi connectivity index (χ4v) is 4.49. The molecule has 4 N–H and O–H groups in total. The van der Waals surface area contributed by atoms with Crippen molar-refractivity contribution in [1.82, 2.24) is 10.2 Å². The van der Waals surface area contributed by atoms with Crippen LogP contribution in [-0.4, -0.2) is 68.7 Å². The zero-order valence-electron chi connectivity index (χ0n) is 15.0. The van der Waals surface area contributed by atoms with E-state index in [0.29, 0.717) is 5.57 Å². The monoisotopic (exact) mass is 402 g/mol. The van der Waals surface area contributed by atoms with E-state index in [4.69, 9.17) is 14.5 Å². The lowest BCUT2D eigenvalue weighted by molar-refractivity contribution is -0.146. The summed E-state index contributed by atoms with van der Waals surface area (Å²) >= 11 is 0. The molecular weight excluding hydrogens is 379 g/mol. The summed E-state index contributed by atoms with van der Waals surface area (Å²) in [6.45, 7) is 6.32. The van der Waals surface area contributed by atoms with E-state index in [0.717, 1.165) is 4.90 Å². The highest BCUT2D eigenvalue weighted by atomic mass is 31.2. The molecule has 3 aliphatic rings. The molecule has 0 spiro atoms. The van der Waals surface area contributed by atoms with E-state index in [1.54, 1.807) is 26.0 Å². The highest BCUT2D eigenvalue weighted by molar-refractivity contribution is 7.46. The van der Waals surface area contributed by atoms with Gasteiger partial charge in [0.1, 0.15) is 11.8 Å². The van der Waals surface area contributed by atoms with Crippen LogP contribution in [-0.2, 0) is 23.4 Å². The van der Waals surface area contributed by atoms with Crippen LogP contribution in [0.5, 0.6) is 0 Å². The summed E-state index contributed by atoms with van der Waals surface area (Å²) in [4.78, 5) is 43.5. The van der Waals surface area contributed by atoms with Gasteiger partial charge in [0, 0.05) is 12.1 Å². The molecule has 10 nitrogen and oxygen atoms in total. The lowest BCUT2D eigenvalue weighted by atomic mass is 9.72. The second kappa shape index (κ2) is 6.51. The largest absolute Gasteiger partial charge is 0.469 e. The number of hydrogen-bond acceptors (Lipinski definition) is 6. The molecule has 5 unspecified atom stereocenters. The van der Waals surface area contributed by atoms with Crippen LogP contribution in [0.4, 0.5) is 0 Å². The maximum Gasteiger partial charge on any atom is 0.469 e. The Balaban J connectivity index is 1.78. The standard InChI is InChI=1S/C16H23N2O8P/c1-9(2)12(19)17-8-16-5-4-15(3,26-16)10-11(16)14(21)18(13(10)20)6-7-25-27(22,23)24/h4-5,10-11,13,20H,1,6-8H2,2-3H3,(H,17,19)(H2,22,23,24). The summed E-state index contributed by atoms with van der Waals surface area (Å²) in [5.41, 5.74) is -1.67. The maximum absolute atomic E-state index is 12.9. The van der Waals surface area contributed by atoms with Gasteiger partial charge in [0.2, 0.25) is 11.8 Å². The molecule has 0 aliphatic carbocycles. The number of ether oxygens (including phenoxy) is 1. The van der Waals surface area contributed by atoms with Gasteiger partial charge in [-0.1, -0.05) is 18.7 Å². The van der Waals surface area contributed by atoms with Gasteiger partial charge >= 0.3 is 7.82 Å². The molecule has 0 radical (unpaired) electrons. The fraction of sp³-hybridized carbons (Fsp3) is 0.625. The van der Waals surface area contributed by atoms with Gasteiger partial charge in [-0.25, -0.2) is 4.57 Å². The van der Waals surface area contributed by atoms with Crippen molar-refractivity contribution < 1.29 is 38.3 Å². The number of rotatable bonds is 7. The molecule has 3 heterocycles. The predicted molar refractivity (Wildman–Crippen MR) is 91.9 cm³/mol. The minimum atomic E-state index is -4.67. The van der Waals surface area contributed by atoms with Gasteiger partial charge in [-0.05, 0) is 13.8 Å². The number of nitrogens with one attached hydrogen (secondary N) is 1. The Bertz CT molecular complexity index is 764. The summed E-state index contributed by atoms with van der Waals surface area (Å²) in [6.07, 6.45) is 2.30. The number of likely N-dealkylation sites (tertiary alicyclic amines) is 1. The zero-order valence-corrected chi connectivity index (χ0v) is 15.9. The maximum atomic E-state index is 12.9. The lowest BCUT2D eigenvalue weighted by Crippen LogP contribution is -2.49. The highest BCUT2D eigenvalue weighted by Crippen LogP contribution is 2.58. The summed E-state index contributed by atoms with van der Waals surface area (Å²) in [6, 6.07) is 0. The van der Waals surface area contributed by atoms with Crippen LogP contribution >= 0.6 is 7.82 Å². The third kappa shape index (κ3) is 3.37. The third-order valence-electron chi connectivity index (χ3n) is 5.35. The number of fused-ring (bicyclic) bond motifs is 5. The molecule has 5 atom stereocenters. The second-order valence-corrected chi connectivity index (χ2v) is 8.55. The molecule has 11 heteroatoms. The number of phosphoric acid groups is 1. The molecule has 2 fully saturated rings. The number of nitrogens with zero attached hydrogens (tertiary/aromatic N) is 1. The van der Waals surface area contributed by atoms with Crippen molar-refractivity contribution in [2.45, 2.75) is 31.3 Å². The van der Waals surface area contributed by atoms with Crippen molar-refractivity contribution in [3.8, 4) is 0 Å². The second-order valence-electron chi connectivity index (χ2n) is 7.31. The Labute approximate surface area is 156 Å². The average Bonchev–Trinajstić information content (AvgIpc) is 3.12. The molecule has 2 amide bonds. The van der Waals surface area contributed by atoms with Gasteiger partial charge in [-0.3, -0.25) is 14.1 Å². The first-order chi connectivity index (χ1) is 12.4. The first-order valence-electron chi connectivity index (χ1n) is 8.43. The highest BCUT2D eigenvalue weighted by Gasteiger charge is 2.71. The number of phosphoric ester groups is 1. The molecule has 150 valence electrons. The third-order valence-corrected chi connectivity index (χ3v) is 5.87. The van der Waals surface area contributed by atoms with Crippen molar-refractivity contribution >= 4 is 19.6 Å². The topological polar surface area (TPSA) is 146 Å². The summed E-state index contributed by atoms with van der Waals surface area (Å²) < 4.78 is 21.3. The number of hydrogen-bond donors (Lipinski definition) is 4. The van der Waals surface area contributed by atoms with E-state index in [-0.39, 0.29) is 19.0 Å². The Morgan fingerprint density at radius 3 is 2.74 bits per heavy atom. The van der Waals surface area contributed by atoms with Crippen molar-refractivity contribution in [3.05, 3.63) is 24.3 Å². The van der Waals surface area contributed by atoms with Crippen LogP contribution in [0.3, 0.4) is 0 Å². The number of carbonyl (C=O) groups excluding carboxylic acids is 2. The van der Waals surface area contributed by atoms with Gasteiger partial charge < -0.3 is 29.8 Å². The van der Waals surface area contributed by atoms with Crippen LogP contribution in [0.25, 0.3) is 0 Å². The predicted octanol–water partition coefficient (Wildman–Crippen LogP) is -0.721. The molecule has 2 saturated heterocycles. The van der Waals surface area contributed by atoms with E-state index in [2.05, 4.69) is 16.4 Å². The Kier molecular flexibility index (Phi) is 4.87. The van der Waals surface area contributed by atoms with E-state index >= 15 is 0 Å². The summed E-state index contributed by atoms with van der Waals surface area (Å²) in [7, 11) is -4.67. The summed E-state index contributed by atoms with van der Waals surface area (Å²) in [5.74, 6) is -2.09. The molecule has 3 rings (SSSR count). The first-order valence-corrected chi connectivity index (χ1v) is 9.96.